The van der Waals surface area contributed by atoms with Crippen LogP contribution in [0, 0.1) is 11.8 Å². The van der Waals surface area contributed by atoms with Gasteiger partial charge >= 0.3 is 5.97 Å². The number of hydrogen-bond acceptors (Lipinski definition) is 3. The lowest BCUT2D eigenvalue weighted by Gasteiger charge is -2.37. The van der Waals surface area contributed by atoms with Crippen molar-refractivity contribution in [2.75, 3.05) is 4.90 Å². The van der Waals surface area contributed by atoms with E-state index in [2.05, 4.69) is 45.0 Å². The smallest absolute Gasteiger partial charge is 0.308 e. The van der Waals surface area contributed by atoms with E-state index in [1.165, 1.54) is 24.8 Å². The van der Waals surface area contributed by atoms with Gasteiger partial charge in [-0.1, -0.05) is 95.3 Å². The molecule has 5 heteroatoms. The topological polar surface area (TPSA) is 83.6 Å². The molecule has 1 aliphatic carbocycles. The molecule has 1 amide bonds. The molecule has 36 heavy (non-hydrogen) atoms. The van der Waals surface area contributed by atoms with Gasteiger partial charge in [0, 0.05) is 5.69 Å². The highest BCUT2D eigenvalue weighted by atomic mass is 16.4. The number of rotatable bonds is 7. The molecule has 194 valence electrons. The van der Waals surface area contributed by atoms with Gasteiger partial charge in [-0.05, 0) is 59.8 Å². The highest BCUT2D eigenvalue weighted by molar-refractivity contribution is 6.03. The average Bonchev–Trinajstić information content (AvgIpc) is 2.95. The van der Waals surface area contributed by atoms with Gasteiger partial charge in [0.25, 0.3) is 0 Å². The molecule has 1 heterocycles. The van der Waals surface area contributed by atoms with E-state index in [-0.39, 0.29) is 11.3 Å². The molecule has 2 aromatic rings. The Morgan fingerprint density at radius 2 is 1.75 bits per heavy atom. The summed E-state index contributed by atoms with van der Waals surface area (Å²) >= 11 is 0. The SMILES string of the molecule is CC(C)(C)c1ccc(CN2C(=O)[C@](N)([C@H](CCC3CCCCC3)C(=O)O)CCc3ccccc32)cc1. The first kappa shape index (κ1) is 26.4. The Morgan fingerprint density at radius 1 is 1.08 bits per heavy atom. The third kappa shape index (κ3) is 5.67. The summed E-state index contributed by atoms with van der Waals surface area (Å²) in [6.07, 6.45) is 8.20. The summed E-state index contributed by atoms with van der Waals surface area (Å²) in [5.74, 6) is -1.59. The first-order chi connectivity index (χ1) is 17.1. The number of fused-ring (bicyclic) bond motifs is 1. The van der Waals surface area contributed by atoms with Gasteiger partial charge in [-0.15, -0.1) is 0 Å². The molecule has 2 aliphatic rings. The molecule has 0 spiro atoms. The zero-order valence-electron chi connectivity index (χ0n) is 22.1. The molecule has 1 aliphatic heterocycles. The van der Waals surface area contributed by atoms with E-state index < -0.39 is 17.4 Å². The maximum atomic E-state index is 14.2. The summed E-state index contributed by atoms with van der Waals surface area (Å²) in [5, 5.41) is 10.3. The minimum absolute atomic E-state index is 0.0447. The van der Waals surface area contributed by atoms with Gasteiger partial charge in [0.15, 0.2) is 0 Å². The van der Waals surface area contributed by atoms with Crippen molar-refractivity contribution in [1.82, 2.24) is 0 Å². The Bertz CT molecular complexity index is 1070. The molecule has 0 unspecified atom stereocenters. The largest absolute Gasteiger partial charge is 0.481 e. The van der Waals surface area contributed by atoms with Crippen LogP contribution in [0.3, 0.4) is 0 Å². The lowest BCUT2D eigenvalue weighted by atomic mass is 9.75. The number of carbonyl (C=O) groups excluding carboxylic acids is 1. The minimum atomic E-state index is -1.44. The summed E-state index contributed by atoms with van der Waals surface area (Å²) < 4.78 is 0. The number of carboxylic acid groups (broad SMARTS) is 1. The number of amides is 1. The van der Waals surface area contributed by atoms with Crippen LogP contribution in [0.2, 0.25) is 0 Å². The third-order valence-corrected chi connectivity index (χ3v) is 8.40. The number of aryl methyl sites for hydroxylation is 1. The number of nitrogens with zero attached hydrogens (tertiary/aromatic N) is 1. The van der Waals surface area contributed by atoms with Crippen LogP contribution >= 0.6 is 0 Å². The first-order valence-corrected chi connectivity index (χ1v) is 13.6. The molecule has 0 saturated heterocycles. The van der Waals surface area contributed by atoms with Crippen LogP contribution in [0.4, 0.5) is 5.69 Å². The molecular formula is C31H42N2O3. The number of anilines is 1. The molecular weight excluding hydrogens is 448 g/mol. The second-order valence-electron chi connectivity index (χ2n) is 12.0. The van der Waals surface area contributed by atoms with Crippen molar-refractivity contribution in [3.8, 4) is 0 Å². The zero-order chi connectivity index (χ0) is 25.9. The fourth-order valence-corrected chi connectivity index (χ4v) is 6.05. The fraction of sp³-hybridized carbons (Fsp3) is 0.548. The van der Waals surface area contributed by atoms with Crippen molar-refractivity contribution >= 4 is 17.6 Å². The Kier molecular flexibility index (Phi) is 7.89. The van der Waals surface area contributed by atoms with E-state index in [1.807, 2.05) is 24.3 Å². The predicted octanol–water partition coefficient (Wildman–Crippen LogP) is 6.22. The highest BCUT2D eigenvalue weighted by Gasteiger charge is 2.49. The van der Waals surface area contributed by atoms with Crippen molar-refractivity contribution in [3.63, 3.8) is 0 Å². The van der Waals surface area contributed by atoms with E-state index in [9.17, 15) is 14.7 Å². The summed E-state index contributed by atoms with van der Waals surface area (Å²) in [5.41, 5.74) is 9.62. The molecule has 0 radical (unpaired) electrons. The normalized spacial score (nSPS) is 22.1. The molecule has 5 nitrogen and oxygen atoms in total. The van der Waals surface area contributed by atoms with Crippen LogP contribution in [0.1, 0.15) is 88.8 Å². The number of benzene rings is 2. The summed E-state index contributed by atoms with van der Waals surface area (Å²) in [6.45, 7) is 6.91. The van der Waals surface area contributed by atoms with Gasteiger partial charge in [-0.25, -0.2) is 0 Å². The van der Waals surface area contributed by atoms with Crippen molar-refractivity contribution < 1.29 is 14.7 Å². The maximum Gasteiger partial charge on any atom is 0.308 e. The Balaban J connectivity index is 1.63. The molecule has 0 bridgehead atoms. The number of hydrogen-bond donors (Lipinski definition) is 2. The molecule has 1 saturated carbocycles. The number of para-hydroxylation sites is 1. The fourth-order valence-electron chi connectivity index (χ4n) is 6.05. The molecule has 1 fully saturated rings. The molecule has 2 aromatic carbocycles. The number of carboxylic acids is 1. The van der Waals surface area contributed by atoms with Crippen molar-refractivity contribution in [1.29, 1.82) is 0 Å². The van der Waals surface area contributed by atoms with Crippen molar-refractivity contribution in [2.24, 2.45) is 17.6 Å². The van der Waals surface area contributed by atoms with Crippen LogP contribution in [0.25, 0.3) is 0 Å². The summed E-state index contributed by atoms with van der Waals surface area (Å²) in [4.78, 5) is 28.5. The zero-order valence-corrected chi connectivity index (χ0v) is 22.1. The van der Waals surface area contributed by atoms with Crippen LogP contribution < -0.4 is 10.6 Å². The highest BCUT2D eigenvalue weighted by Crippen LogP contribution is 2.38. The van der Waals surface area contributed by atoms with Gasteiger partial charge in [0.1, 0.15) is 5.54 Å². The van der Waals surface area contributed by atoms with Crippen LogP contribution in [-0.2, 0) is 28.0 Å². The number of nitrogens with two attached hydrogens (primary N) is 1. The van der Waals surface area contributed by atoms with E-state index in [0.29, 0.717) is 31.7 Å². The van der Waals surface area contributed by atoms with E-state index in [0.717, 1.165) is 36.1 Å². The molecule has 4 rings (SSSR count). The van der Waals surface area contributed by atoms with E-state index in [4.69, 9.17) is 5.73 Å². The van der Waals surface area contributed by atoms with Gasteiger partial charge in [0.05, 0.1) is 12.5 Å². The van der Waals surface area contributed by atoms with Gasteiger partial charge < -0.3 is 15.7 Å². The predicted molar refractivity (Wildman–Crippen MR) is 145 cm³/mol. The van der Waals surface area contributed by atoms with E-state index >= 15 is 0 Å². The summed E-state index contributed by atoms with van der Waals surface area (Å²) in [6, 6.07) is 16.3. The van der Waals surface area contributed by atoms with Gasteiger partial charge in [-0.2, -0.15) is 0 Å². The quantitative estimate of drug-likeness (QED) is 0.482. The third-order valence-electron chi connectivity index (χ3n) is 8.40. The van der Waals surface area contributed by atoms with Crippen molar-refractivity contribution in [2.45, 2.75) is 96.1 Å². The minimum Gasteiger partial charge on any atom is -0.481 e. The molecule has 2 atom stereocenters. The summed E-state index contributed by atoms with van der Waals surface area (Å²) in [7, 11) is 0. The first-order valence-electron chi connectivity index (χ1n) is 13.6. The van der Waals surface area contributed by atoms with Crippen LogP contribution in [-0.4, -0.2) is 22.5 Å². The Morgan fingerprint density at radius 3 is 2.39 bits per heavy atom. The van der Waals surface area contributed by atoms with Gasteiger partial charge in [0.2, 0.25) is 5.91 Å². The average molecular weight is 491 g/mol. The van der Waals surface area contributed by atoms with Gasteiger partial charge in [-0.3, -0.25) is 9.59 Å². The Hall–Kier alpha value is -2.66. The second-order valence-corrected chi connectivity index (χ2v) is 12.0. The van der Waals surface area contributed by atoms with E-state index in [1.54, 1.807) is 4.90 Å². The maximum absolute atomic E-state index is 14.2. The Labute approximate surface area is 216 Å². The number of aliphatic carboxylic acids is 1. The standard InChI is InChI=1S/C31H42N2O3/c1-30(2,3)25-16-13-23(14-17-25)21-33-27-12-8-7-11-24(27)19-20-31(32,29(33)36)26(28(34)35)18-15-22-9-5-4-6-10-22/h7-8,11-14,16-17,22,26H,4-6,9-10,15,18-21,32H2,1-3H3,(H,34,35)/t26-,31-/m1/s1. The lowest BCUT2D eigenvalue weighted by molar-refractivity contribution is -0.148. The van der Waals surface area contributed by atoms with Crippen molar-refractivity contribution in [3.05, 3.63) is 65.2 Å². The number of carbonyl (C=O) groups is 2. The lowest BCUT2D eigenvalue weighted by Crippen LogP contribution is -2.61. The molecule has 0 aromatic heterocycles. The van der Waals surface area contributed by atoms with Crippen LogP contribution in [0.15, 0.2) is 48.5 Å². The second kappa shape index (κ2) is 10.8. The molecule has 3 N–H and O–H groups in total. The monoisotopic (exact) mass is 490 g/mol. The van der Waals surface area contributed by atoms with Crippen LogP contribution in [0.5, 0.6) is 0 Å².